The zero-order valence-electron chi connectivity index (χ0n) is 12.1. The van der Waals surface area contributed by atoms with Crippen molar-refractivity contribution in [3.05, 3.63) is 29.3 Å². The van der Waals surface area contributed by atoms with E-state index in [0.717, 1.165) is 37.0 Å². The van der Waals surface area contributed by atoms with Crippen molar-refractivity contribution >= 4 is 0 Å². The van der Waals surface area contributed by atoms with E-state index in [1.54, 1.807) is 0 Å². The van der Waals surface area contributed by atoms with E-state index in [0.29, 0.717) is 0 Å². The third-order valence-corrected chi connectivity index (χ3v) is 3.59. The van der Waals surface area contributed by atoms with Crippen LogP contribution in [-0.2, 0) is 6.18 Å². The van der Waals surface area contributed by atoms with Crippen LogP contribution >= 0.6 is 0 Å². The van der Waals surface area contributed by atoms with Crippen molar-refractivity contribution in [2.45, 2.75) is 51.2 Å². The van der Waals surface area contributed by atoms with E-state index >= 15 is 0 Å². The van der Waals surface area contributed by atoms with Crippen molar-refractivity contribution in [1.29, 1.82) is 0 Å². The molecule has 2 atom stereocenters. The zero-order chi connectivity index (χ0) is 15.3. The minimum Gasteiger partial charge on any atom is -0.496 e. The zero-order valence-corrected chi connectivity index (χ0v) is 12.1. The highest BCUT2D eigenvalue weighted by Crippen LogP contribution is 2.36. The number of ether oxygens (including phenoxy) is 1. The Morgan fingerprint density at radius 2 is 1.90 bits per heavy atom. The molecule has 0 saturated carbocycles. The number of alkyl halides is 3. The molecule has 1 aromatic carbocycles. The molecule has 2 unspecified atom stereocenters. The van der Waals surface area contributed by atoms with Gasteiger partial charge in [-0.25, -0.2) is 0 Å². The number of nitrogens with two attached hydrogens (primary N) is 1. The van der Waals surface area contributed by atoms with E-state index in [9.17, 15) is 13.2 Å². The average Bonchev–Trinajstić information content (AvgIpc) is 2.42. The van der Waals surface area contributed by atoms with Crippen molar-refractivity contribution in [3.63, 3.8) is 0 Å². The molecule has 0 bridgehead atoms. The molecule has 0 heterocycles. The Balaban J connectivity index is 2.89. The van der Waals surface area contributed by atoms with Gasteiger partial charge in [0, 0.05) is 6.04 Å². The van der Waals surface area contributed by atoms with Gasteiger partial charge in [-0.15, -0.1) is 0 Å². The number of hydrogen-bond acceptors (Lipinski definition) is 2. The van der Waals surface area contributed by atoms with Crippen molar-refractivity contribution < 1.29 is 17.9 Å². The Kier molecular flexibility index (Phi) is 5.87. The lowest BCUT2D eigenvalue weighted by molar-refractivity contribution is -0.137. The highest BCUT2D eigenvalue weighted by atomic mass is 19.4. The molecule has 2 N–H and O–H groups in total. The van der Waals surface area contributed by atoms with Crippen LogP contribution in [0.4, 0.5) is 13.2 Å². The lowest BCUT2D eigenvalue weighted by Crippen LogP contribution is -2.19. The van der Waals surface area contributed by atoms with Crippen LogP contribution in [0.5, 0.6) is 5.75 Å². The fourth-order valence-electron chi connectivity index (χ4n) is 2.12. The lowest BCUT2D eigenvalue weighted by Gasteiger charge is -2.19. The molecule has 20 heavy (non-hydrogen) atoms. The van der Waals surface area contributed by atoms with E-state index in [-0.39, 0.29) is 17.7 Å². The second kappa shape index (κ2) is 6.97. The summed E-state index contributed by atoms with van der Waals surface area (Å²) in [5, 5.41) is 0. The molecule has 0 aliphatic heterocycles. The predicted octanol–water partition coefficient (Wildman–Crippen LogP) is 4.34. The third-order valence-electron chi connectivity index (χ3n) is 3.59. The molecular weight excluding hydrogens is 267 g/mol. The van der Waals surface area contributed by atoms with Gasteiger partial charge in [-0.2, -0.15) is 13.2 Å². The molecule has 0 aromatic heterocycles. The summed E-state index contributed by atoms with van der Waals surface area (Å²) in [6.45, 7) is 4.00. The van der Waals surface area contributed by atoms with Gasteiger partial charge in [-0.05, 0) is 42.9 Å². The maximum Gasteiger partial charge on any atom is 0.416 e. The Bertz CT molecular complexity index is 432. The van der Waals surface area contributed by atoms with Gasteiger partial charge in [-0.1, -0.05) is 19.9 Å². The SMILES string of the molecule is CCC(N)CCC(C)c1ccc(C(F)(F)F)cc1OC. The molecule has 0 spiro atoms. The normalized spacial score (nSPS) is 14.9. The predicted molar refractivity (Wildman–Crippen MR) is 73.9 cm³/mol. The first-order valence-corrected chi connectivity index (χ1v) is 6.80. The van der Waals surface area contributed by atoms with E-state index in [1.165, 1.54) is 13.2 Å². The Hall–Kier alpha value is -1.23. The first kappa shape index (κ1) is 16.8. The fraction of sp³-hybridized carbons (Fsp3) is 0.600. The van der Waals surface area contributed by atoms with Crippen LogP contribution in [0.15, 0.2) is 18.2 Å². The Morgan fingerprint density at radius 3 is 2.40 bits per heavy atom. The number of methoxy groups -OCH3 is 1. The summed E-state index contributed by atoms with van der Waals surface area (Å²) in [6.07, 6.45) is -1.77. The van der Waals surface area contributed by atoms with Gasteiger partial charge in [0.25, 0.3) is 0 Å². The maximum absolute atomic E-state index is 12.7. The first-order valence-electron chi connectivity index (χ1n) is 6.80. The summed E-state index contributed by atoms with van der Waals surface area (Å²) in [4.78, 5) is 0. The Labute approximate surface area is 118 Å². The summed E-state index contributed by atoms with van der Waals surface area (Å²) in [7, 11) is 1.39. The molecule has 114 valence electrons. The second-order valence-electron chi connectivity index (χ2n) is 5.10. The highest BCUT2D eigenvalue weighted by molar-refractivity contribution is 5.40. The molecule has 1 aromatic rings. The van der Waals surface area contributed by atoms with Crippen LogP contribution in [0.1, 0.15) is 50.2 Å². The van der Waals surface area contributed by atoms with Gasteiger partial charge in [-0.3, -0.25) is 0 Å². The quantitative estimate of drug-likeness (QED) is 0.845. The molecule has 1 rings (SSSR count). The maximum atomic E-state index is 12.7. The minimum atomic E-state index is -4.35. The summed E-state index contributed by atoms with van der Waals surface area (Å²) < 4.78 is 43.1. The van der Waals surface area contributed by atoms with Gasteiger partial charge >= 0.3 is 6.18 Å². The highest BCUT2D eigenvalue weighted by Gasteiger charge is 2.31. The molecular formula is C15H22F3NO. The summed E-state index contributed by atoms with van der Waals surface area (Å²) in [5.41, 5.74) is 5.98. The molecule has 0 radical (unpaired) electrons. The van der Waals surface area contributed by atoms with Crippen LogP contribution in [0.3, 0.4) is 0 Å². The molecule has 5 heteroatoms. The largest absolute Gasteiger partial charge is 0.496 e. The average molecular weight is 289 g/mol. The Morgan fingerprint density at radius 1 is 1.25 bits per heavy atom. The summed E-state index contributed by atoms with van der Waals surface area (Å²) >= 11 is 0. The molecule has 0 aliphatic carbocycles. The van der Waals surface area contributed by atoms with Gasteiger partial charge in [0.1, 0.15) is 5.75 Å². The molecule has 2 nitrogen and oxygen atoms in total. The van der Waals surface area contributed by atoms with Crippen molar-refractivity contribution in [3.8, 4) is 5.75 Å². The van der Waals surface area contributed by atoms with Gasteiger partial charge in [0.2, 0.25) is 0 Å². The molecule has 0 amide bonds. The van der Waals surface area contributed by atoms with E-state index in [4.69, 9.17) is 10.5 Å². The van der Waals surface area contributed by atoms with Gasteiger partial charge in [0.05, 0.1) is 12.7 Å². The second-order valence-corrected chi connectivity index (χ2v) is 5.10. The van der Waals surface area contributed by atoms with Crippen molar-refractivity contribution in [2.24, 2.45) is 5.73 Å². The van der Waals surface area contributed by atoms with E-state index < -0.39 is 11.7 Å². The van der Waals surface area contributed by atoms with Gasteiger partial charge in [0.15, 0.2) is 0 Å². The monoisotopic (exact) mass is 289 g/mol. The smallest absolute Gasteiger partial charge is 0.416 e. The number of halogens is 3. The van der Waals surface area contributed by atoms with Crippen molar-refractivity contribution in [2.75, 3.05) is 7.11 Å². The van der Waals surface area contributed by atoms with Crippen LogP contribution in [-0.4, -0.2) is 13.2 Å². The van der Waals surface area contributed by atoms with Crippen LogP contribution in [0.2, 0.25) is 0 Å². The van der Waals surface area contributed by atoms with E-state index in [1.807, 2.05) is 13.8 Å². The summed E-state index contributed by atoms with van der Waals surface area (Å²) in [5.74, 6) is 0.405. The van der Waals surface area contributed by atoms with Crippen LogP contribution in [0.25, 0.3) is 0 Å². The van der Waals surface area contributed by atoms with Crippen LogP contribution < -0.4 is 10.5 Å². The lowest BCUT2D eigenvalue weighted by atomic mass is 9.92. The minimum absolute atomic E-state index is 0.116. The number of benzene rings is 1. The first-order chi connectivity index (χ1) is 9.29. The third kappa shape index (κ3) is 4.40. The standard InChI is InChI=1S/C15H22F3NO/c1-4-12(19)7-5-10(2)13-8-6-11(15(16,17)18)9-14(13)20-3/h6,8-10,12H,4-5,7,19H2,1-3H3. The molecule has 0 saturated heterocycles. The van der Waals surface area contributed by atoms with Crippen LogP contribution in [0, 0.1) is 0 Å². The van der Waals surface area contributed by atoms with Gasteiger partial charge < -0.3 is 10.5 Å². The number of rotatable bonds is 6. The number of hydrogen-bond donors (Lipinski definition) is 1. The fourth-order valence-corrected chi connectivity index (χ4v) is 2.12. The molecule has 0 aliphatic rings. The molecule has 0 fully saturated rings. The topological polar surface area (TPSA) is 35.2 Å². The van der Waals surface area contributed by atoms with E-state index in [2.05, 4.69) is 0 Å². The van der Waals surface area contributed by atoms with Crippen molar-refractivity contribution in [1.82, 2.24) is 0 Å². The summed E-state index contributed by atoms with van der Waals surface area (Å²) in [6, 6.07) is 3.81.